The van der Waals surface area contributed by atoms with Crippen molar-refractivity contribution in [3.05, 3.63) is 64.5 Å². The third-order valence-corrected chi connectivity index (χ3v) is 8.93. The molecular formula is C31H35F2N5O3. The number of nitrogens with one attached hydrogen (secondary N) is 1. The molecule has 6 rings (SSSR count). The molecule has 2 amide bonds. The first-order chi connectivity index (χ1) is 19.7. The highest BCUT2D eigenvalue weighted by atomic mass is 19.3. The second-order valence-corrected chi connectivity index (χ2v) is 11.6. The number of carbonyl (C=O) groups excluding carboxylic acids is 1. The number of benzene rings is 2. The van der Waals surface area contributed by atoms with E-state index >= 15 is 0 Å². The number of carboxylic acid groups (broad SMARTS) is 1. The van der Waals surface area contributed by atoms with Crippen LogP contribution in [0.2, 0.25) is 0 Å². The van der Waals surface area contributed by atoms with Crippen LogP contribution in [0.1, 0.15) is 79.2 Å². The van der Waals surface area contributed by atoms with E-state index in [1.165, 1.54) is 5.56 Å². The van der Waals surface area contributed by atoms with Crippen LogP contribution in [-0.4, -0.2) is 44.4 Å². The van der Waals surface area contributed by atoms with Crippen molar-refractivity contribution in [1.82, 2.24) is 20.0 Å². The lowest BCUT2D eigenvalue weighted by atomic mass is 9.80. The zero-order valence-electron chi connectivity index (χ0n) is 23.4. The molecule has 0 atom stereocenters. The first kappa shape index (κ1) is 27.2. The number of halogens is 2. The van der Waals surface area contributed by atoms with Crippen LogP contribution in [0, 0.1) is 0 Å². The average Bonchev–Trinajstić information content (AvgIpc) is 3.58. The Morgan fingerprint density at radius 1 is 1.05 bits per heavy atom. The van der Waals surface area contributed by atoms with Gasteiger partial charge < -0.3 is 20.2 Å². The first-order valence-electron chi connectivity index (χ1n) is 14.3. The molecule has 1 fully saturated rings. The number of carbonyl (C=O) groups is 2. The molecule has 216 valence electrons. The third kappa shape index (κ3) is 5.27. The van der Waals surface area contributed by atoms with Gasteiger partial charge in [0.15, 0.2) is 0 Å². The van der Waals surface area contributed by atoms with Crippen molar-refractivity contribution in [3.63, 3.8) is 0 Å². The smallest absolute Gasteiger partial charge is 0.404 e. The number of aryl methyl sites for hydroxylation is 2. The Kier molecular flexibility index (Phi) is 7.17. The quantitative estimate of drug-likeness (QED) is 0.382. The van der Waals surface area contributed by atoms with Crippen molar-refractivity contribution in [1.29, 1.82) is 0 Å². The second-order valence-electron chi connectivity index (χ2n) is 11.6. The summed E-state index contributed by atoms with van der Waals surface area (Å²) in [6, 6.07) is 7.92. The minimum absolute atomic E-state index is 0.00827. The first-order valence-corrected chi connectivity index (χ1v) is 14.3. The molecule has 1 aliphatic carbocycles. The van der Waals surface area contributed by atoms with Gasteiger partial charge in [-0.15, -0.1) is 0 Å². The molecule has 0 bridgehead atoms. The summed E-state index contributed by atoms with van der Waals surface area (Å²) in [5.41, 5.74) is 7.35. The van der Waals surface area contributed by atoms with E-state index in [-0.39, 0.29) is 23.4 Å². The molecule has 41 heavy (non-hydrogen) atoms. The Hall–Kier alpha value is -3.95. The van der Waals surface area contributed by atoms with Gasteiger partial charge in [-0.2, -0.15) is 5.10 Å². The maximum absolute atomic E-state index is 14.5. The van der Waals surface area contributed by atoms with Crippen LogP contribution in [0.15, 0.2) is 36.7 Å². The minimum Gasteiger partial charge on any atom is -0.465 e. The maximum Gasteiger partial charge on any atom is 0.404 e. The van der Waals surface area contributed by atoms with Crippen molar-refractivity contribution in [2.75, 3.05) is 11.4 Å². The average molecular weight is 564 g/mol. The van der Waals surface area contributed by atoms with Crippen LogP contribution in [0.25, 0.3) is 11.1 Å². The fourth-order valence-electron chi connectivity index (χ4n) is 6.85. The molecule has 2 aromatic carbocycles. The van der Waals surface area contributed by atoms with E-state index in [4.69, 9.17) is 5.11 Å². The molecule has 1 aromatic heterocycles. The predicted molar refractivity (Wildman–Crippen MR) is 151 cm³/mol. The Morgan fingerprint density at radius 2 is 1.83 bits per heavy atom. The molecule has 3 aliphatic rings. The topological polar surface area (TPSA) is 90.7 Å². The Bertz CT molecular complexity index is 1500. The van der Waals surface area contributed by atoms with Crippen LogP contribution in [0.4, 0.5) is 25.0 Å². The number of aromatic nitrogens is 2. The lowest BCUT2D eigenvalue weighted by Gasteiger charge is -2.35. The number of alkyl halides is 2. The SMILES string of the molecule is CC(=O)N1Cc2cc(C3CCC(NC(=O)O)CC3)cc(N3CCCc4cc(-c5cnn(C)c5)c(C(F)F)cc43)c2C1. The summed E-state index contributed by atoms with van der Waals surface area (Å²) in [6.07, 6.45) is 4.70. The summed E-state index contributed by atoms with van der Waals surface area (Å²) in [6.45, 7) is 3.31. The number of fused-ring (bicyclic) bond motifs is 2. The van der Waals surface area contributed by atoms with Crippen LogP contribution in [0.5, 0.6) is 0 Å². The largest absolute Gasteiger partial charge is 0.465 e. The van der Waals surface area contributed by atoms with E-state index < -0.39 is 12.5 Å². The molecule has 8 nitrogen and oxygen atoms in total. The minimum atomic E-state index is -2.64. The number of nitrogens with zero attached hydrogens (tertiary/aromatic N) is 4. The summed E-state index contributed by atoms with van der Waals surface area (Å²) in [5.74, 6) is 0.278. The lowest BCUT2D eigenvalue weighted by Crippen LogP contribution is -2.36. The van der Waals surface area contributed by atoms with E-state index in [0.717, 1.165) is 66.6 Å². The summed E-state index contributed by atoms with van der Waals surface area (Å²) >= 11 is 0. The fourth-order valence-corrected chi connectivity index (χ4v) is 6.85. The van der Waals surface area contributed by atoms with Crippen LogP contribution < -0.4 is 10.2 Å². The van der Waals surface area contributed by atoms with Gasteiger partial charge in [0.05, 0.1) is 6.20 Å². The molecule has 0 unspecified atom stereocenters. The Morgan fingerprint density at radius 3 is 2.49 bits per heavy atom. The summed E-state index contributed by atoms with van der Waals surface area (Å²) in [5, 5.41) is 15.9. The van der Waals surface area contributed by atoms with Crippen molar-refractivity contribution < 1.29 is 23.5 Å². The van der Waals surface area contributed by atoms with Gasteiger partial charge in [0, 0.05) is 73.9 Å². The molecular weight excluding hydrogens is 528 g/mol. The van der Waals surface area contributed by atoms with Crippen molar-refractivity contribution in [2.45, 2.75) is 76.9 Å². The van der Waals surface area contributed by atoms with Crippen molar-refractivity contribution >= 4 is 23.4 Å². The standard InChI is InChI=1S/C31H35F2N5O3/c1-18(39)37-16-22-10-21(19-5-7-24(8-6-19)35-31(40)41)12-29(27(22)17-37)38-9-3-4-20-11-25(23-14-34-36(2)15-23)26(30(32)33)13-28(20)38/h10-15,19,24,30,35H,3-9,16-17H2,1-2H3,(H,40,41). The molecule has 2 aliphatic heterocycles. The molecule has 1 saturated carbocycles. The zero-order chi connectivity index (χ0) is 28.8. The zero-order valence-corrected chi connectivity index (χ0v) is 23.4. The molecule has 0 saturated heterocycles. The normalized spacial score (nSPS) is 20.2. The maximum atomic E-state index is 14.5. The number of hydrogen-bond acceptors (Lipinski definition) is 4. The molecule has 0 radical (unpaired) electrons. The summed E-state index contributed by atoms with van der Waals surface area (Å²) < 4.78 is 30.6. The van der Waals surface area contributed by atoms with Gasteiger partial charge in [-0.1, -0.05) is 6.07 Å². The number of hydrogen-bond donors (Lipinski definition) is 2. The Balaban J connectivity index is 1.41. The highest BCUT2D eigenvalue weighted by Gasteiger charge is 2.32. The van der Waals surface area contributed by atoms with E-state index in [1.807, 2.05) is 11.0 Å². The molecule has 0 spiro atoms. The molecule has 3 heterocycles. The molecule has 2 N–H and O–H groups in total. The number of anilines is 2. The third-order valence-electron chi connectivity index (χ3n) is 8.93. The summed E-state index contributed by atoms with van der Waals surface area (Å²) in [7, 11) is 1.78. The van der Waals surface area contributed by atoms with Crippen molar-refractivity contribution in [2.24, 2.45) is 7.05 Å². The molecule has 3 aromatic rings. The number of rotatable bonds is 5. The predicted octanol–water partition coefficient (Wildman–Crippen LogP) is 6.26. The fraction of sp³-hybridized carbons (Fsp3) is 0.452. The van der Waals surface area contributed by atoms with Gasteiger partial charge >= 0.3 is 6.09 Å². The van der Waals surface area contributed by atoms with Gasteiger partial charge in [-0.3, -0.25) is 9.48 Å². The van der Waals surface area contributed by atoms with Gasteiger partial charge in [0.25, 0.3) is 6.43 Å². The van der Waals surface area contributed by atoms with Crippen LogP contribution in [-0.2, 0) is 31.4 Å². The van der Waals surface area contributed by atoms with E-state index in [9.17, 15) is 18.4 Å². The van der Waals surface area contributed by atoms with Crippen LogP contribution >= 0.6 is 0 Å². The molecule has 10 heteroatoms. The number of amides is 2. The van der Waals surface area contributed by atoms with Gasteiger partial charge in [0.2, 0.25) is 5.91 Å². The van der Waals surface area contributed by atoms with E-state index in [2.05, 4.69) is 27.4 Å². The highest BCUT2D eigenvalue weighted by molar-refractivity contribution is 5.80. The van der Waals surface area contributed by atoms with Crippen molar-refractivity contribution in [3.8, 4) is 11.1 Å². The monoisotopic (exact) mass is 563 g/mol. The van der Waals surface area contributed by atoms with E-state index in [1.54, 1.807) is 37.1 Å². The van der Waals surface area contributed by atoms with Gasteiger partial charge in [0.1, 0.15) is 0 Å². The van der Waals surface area contributed by atoms with E-state index in [0.29, 0.717) is 30.8 Å². The van der Waals surface area contributed by atoms with Crippen LogP contribution in [0.3, 0.4) is 0 Å². The Labute approximate surface area is 237 Å². The second kappa shape index (κ2) is 10.8. The van der Waals surface area contributed by atoms with Gasteiger partial charge in [-0.05, 0) is 84.9 Å². The highest BCUT2D eigenvalue weighted by Crippen LogP contribution is 2.45. The van der Waals surface area contributed by atoms with Gasteiger partial charge in [-0.25, -0.2) is 13.6 Å². The summed E-state index contributed by atoms with van der Waals surface area (Å²) in [4.78, 5) is 27.5. The lowest BCUT2D eigenvalue weighted by molar-refractivity contribution is -0.129.